The van der Waals surface area contributed by atoms with Crippen molar-refractivity contribution in [1.29, 1.82) is 0 Å². The van der Waals surface area contributed by atoms with Gasteiger partial charge in [0.15, 0.2) is 0 Å². The summed E-state index contributed by atoms with van der Waals surface area (Å²) in [5.74, 6) is 0.411. The number of nitrogens with zero attached hydrogens (tertiary/aromatic N) is 1. The van der Waals surface area contributed by atoms with Crippen LogP contribution in [0.3, 0.4) is 0 Å². The molecule has 17 heavy (non-hydrogen) atoms. The van der Waals surface area contributed by atoms with Gasteiger partial charge in [-0.25, -0.2) is 4.98 Å². The van der Waals surface area contributed by atoms with Crippen molar-refractivity contribution in [3.8, 4) is 0 Å². The minimum absolute atomic E-state index is 0.182. The summed E-state index contributed by atoms with van der Waals surface area (Å²) in [7, 11) is 0. The van der Waals surface area contributed by atoms with E-state index in [-0.39, 0.29) is 23.4 Å². The van der Waals surface area contributed by atoms with Gasteiger partial charge in [-0.05, 0) is 19.1 Å². The standard InChI is InChI=1S/C11H14N2O3S/c1-2-16-11(15)8-17-7-10(14)13-9-5-3-4-6-12-9/h3-6H,2,7-8H2,1H3,(H,12,13,14). The summed E-state index contributed by atoms with van der Waals surface area (Å²) < 4.78 is 4.74. The number of hydrogen-bond donors (Lipinski definition) is 1. The van der Waals surface area contributed by atoms with Crippen molar-refractivity contribution >= 4 is 29.5 Å². The molecule has 1 aromatic heterocycles. The third-order valence-electron chi connectivity index (χ3n) is 1.69. The van der Waals surface area contributed by atoms with Gasteiger partial charge < -0.3 is 10.1 Å². The van der Waals surface area contributed by atoms with E-state index in [4.69, 9.17) is 4.74 Å². The zero-order chi connectivity index (χ0) is 12.5. The molecular weight excluding hydrogens is 240 g/mol. The summed E-state index contributed by atoms with van der Waals surface area (Å²) >= 11 is 1.21. The monoisotopic (exact) mass is 254 g/mol. The lowest BCUT2D eigenvalue weighted by atomic mass is 10.4. The normalized spacial score (nSPS) is 9.71. The molecule has 0 atom stereocenters. The van der Waals surface area contributed by atoms with E-state index in [1.165, 1.54) is 11.8 Å². The summed E-state index contributed by atoms with van der Waals surface area (Å²) in [6.45, 7) is 2.11. The number of carbonyl (C=O) groups is 2. The van der Waals surface area contributed by atoms with E-state index in [9.17, 15) is 9.59 Å². The molecule has 0 radical (unpaired) electrons. The van der Waals surface area contributed by atoms with Crippen LogP contribution in [-0.2, 0) is 14.3 Å². The van der Waals surface area contributed by atoms with Gasteiger partial charge in [0.2, 0.25) is 5.91 Å². The highest BCUT2D eigenvalue weighted by molar-refractivity contribution is 8.00. The lowest BCUT2D eigenvalue weighted by Gasteiger charge is -2.03. The van der Waals surface area contributed by atoms with E-state index in [1.54, 1.807) is 31.3 Å². The minimum atomic E-state index is -0.303. The second-order valence-corrected chi connectivity index (χ2v) is 4.05. The van der Waals surface area contributed by atoms with Gasteiger partial charge in [0.05, 0.1) is 18.1 Å². The lowest BCUT2D eigenvalue weighted by Crippen LogP contribution is -2.16. The molecule has 1 rings (SSSR count). The minimum Gasteiger partial charge on any atom is -0.465 e. The van der Waals surface area contributed by atoms with E-state index in [1.807, 2.05) is 0 Å². The van der Waals surface area contributed by atoms with Crippen molar-refractivity contribution < 1.29 is 14.3 Å². The number of pyridine rings is 1. The van der Waals surface area contributed by atoms with E-state index in [2.05, 4.69) is 10.3 Å². The van der Waals surface area contributed by atoms with Crippen molar-refractivity contribution in [2.75, 3.05) is 23.4 Å². The first-order valence-corrected chi connectivity index (χ1v) is 6.32. The van der Waals surface area contributed by atoms with E-state index in [0.717, 1.165) is 0 Å². The average Bonchev–Trinajstić information content (AvgIpc) is 2.30. The quantitative estimate of drug-likeness (QED) is 0.775. The third-order valence-corrected chi connectivity index (χ3v) is 2.60. The molecule has 92 valence electrons. The number of aromatic nitrogens is 1. The molecule has 0 fully saturated rings. The van der Waals surface area contributed by atoms with Crippen molar-refractivity contribution in [2.24, 2.45) is 0 Å². The van der Waals surface area contributed by atoms with Gasteiger partial charge in [0.25, 0.3) is 0 Å². The molecule has 1 aromatic rings. The number of nitrogens with one attached hydrogen (secondary N) is 1. The lowest BCUT2D eigenvalue weighted by molar-refractivity contribution is -0.139. The van der Waals surface area contributed by atoms with Crippen LogP contribution in [0.2, 0.25) is 0 Å². The van der Waals surface area contributed by atoms with E-state index in [0.29, 0.717) is 12.4 Å². The summed E-state index contributed by atoms with van der Waals surface area (Å²) in [5.41, 5.74) is 0. The highest BCUT2D eigenvalue weighted by atomic mass is 32.2. The topological polar surface area (TPSA) is 68.3 Å². The summed E-state index contributed by atoms with van der Waals surface area (Å²) in [6, 6.07) is 5.26. The number of carbonyl (C=O) groups excluding carboxylic acids is 2. The predicted molar refractivity (Wildman–Crippen MR) is 66.8 cm³/mol. The maximum absolute atomic E-state index is 11.4. The summed E-state index contributed by atoms with van der Waals surface area (Å²) in [4.78, 5) is 26.4. The Labute approximate surface area is 104 Å². The summed E-state index contributed by atoms with van der Waals surface area (Å²) in [6.07, 6.45) is 1.60. The van der Waals surface area contributed by atoms with Gasteiger partial charge in [-0.3, -0.25) is 9.59 Å². The molecule has 0 unspecified atom stereocenters. The first kappa shape index (κ1) is 13.5. The van der Waals surface area contributed by atoms with Crippen LogP contribution in [0.15, 0.2) is 24.4 Å². The van der Waals surface area contributed by atoms with Crippen LogP contribution in [0.25, 0.3) is 0 Å². The van der Waals surface area contributed by atoms with Crippen molar-refractivity contribution in [1.82, 2.24) is 4.98 Å². The molecule has 0 saturated heterocycles. The highest BCUT2D eigenvalue weighted by Gasteiger charge is 2.06. The van der Waals surface area contributed by atoms with Gasteiger partial charge in [-0.2, -0.15) is 0 Å². The molecule has 1 N–H and O–H groups in total. The Morgan fingerprint density at radius 1 is 1.41 bits per heavy atom. The molecule has 0 aliphatic heterocycles. The second-order valence-electron chi connectivity index (χ2n) is 3.06. The Bertz CT molecular complexity index is 370. The predicted octanol–water partition coefficient (Wildman–Crippen LogP) is 1.32. The molecule has 0 aromatic carbocycles. The van der Waals surface area contributed by atoms with Crippen LogP contribution in [0.5, 0.6) is 0 Å². The average molecular weight is 254 g/mol. The number of hydrogen-bond acceptors (Lipinski definition) is 5. The number of ether oxygens (including phenoxy) is 1. The van der Waals surface area contributed by atoms with E-state index >= 15 is 0 Å². The van der Waals surface area contributed by atoms with Crippen LogP contribution in [0.4, 0.5) is 5.82 Å². The third kappa shape index (κ3) is 5.91. The SMILES string of the molecule is CCOC(=O)CSCC(=O)Nc1ccccn1. The van der Waals surface area contributed by atoms with Crippen LogP contribution in [0, 0.1) is 0 Å². The van der Waals surface area contributed by atoms with Crippen LogP contribution < -0.4 is 5.32 Å². The zero-order valence-electron chi connectivity index (χ0n) is 9.51. The number of anilines is 1. The number of rotatable bonds is 6. The van der Waals surface area contributed by atoms with Crippen molar-refractivity contribution in [3.63, 3.8) is 0 Å². The fraction of sp³-hybridized carbons (Fsp3) is 0.364. The molecule has 0 bridgehead atoms. The van der Waals surface area contributed by atoms with Crippen molar-refractivity contribution in [2.45, 2.75) is 6.92 Å². The zero-order valence-corrected chi connectivity index (χ0v) is 10.3. The molecule has 1 amide bonds. The largest absolute Gasteiger partial charge is 0.465 e. The first-order valence-electron chi connectivity index (χ1n) is 5.16. The molecule has 0 saturated carbocycles. The van der Waals surface area contributed by atoms with Gasteiger partial charge in [0, 0.05) is 6.20 Å². The Morgan fingerprint density at radius 2 is 2.24 bits per heavy atom. The molecule has 0 aliphatic carbocycles. The smallest absolute Gasteiger partial charge is 0.315 e. The number of thioether (sulfide) groups is 1. The fourth-order valence-electron chi connectivity index (χ4n) is 1.05. The number of amides is 1. The van der Waals surface area contributed by atoms with Crippen LogP contribution in [0.1, 0.15) is 6.92 Å². The van der Waals surface area contributed by atoms with Crippen LogP contribution in [-0.4, -0.2) is 35.0 Å². The Kier molecular flexibility index (Phi) is 6.09. The maximum atomic E-state index is 11.4. The van der Waals surface area contributed by atoms with E-state index < -0.39 is 0 Å². The van der Waals surface area contributed by atoms with Crippen LogP contribution >= 0.6 is 11.8 Å². The van der Waals surface area contributed by atoms with Gasteiger partial charge >= 0.3 is 5.97 Å². The second kappa shape index (κ2) is 7.67. The molecular formula is C11H14N2O3S. The molecule has 0 aliphatic rings. The number of esters is 1. The first-order chi connectivity index (χ1) is 8.22. The van der Waals surface area contributed by atoms with Gasteiger partial charge in [-0.15, -0.1) is 11.8 Å². The highest BCUT2D eigenvalue weighted by Crippen LogP contribution is 2.04. The Hall–Kier alpha value is -1.56. The maximum Gasteiger partial charge on any atom is 0.315 e. The van der Waals surface area contributed by atoms with Gasteiger partial charge in [-0.1, -0.05) is 6.07 Å². The van der Waals surface area contributed by atoms with Gasteiger partial charge in [0.1, 0.15) is 5.82 Å². The molecule has 0 spiro atoms. The molecule has 5 nitrogen and oxygen atoms in total. The summed E-state index contributed by atoms with van der Waals surface area (Å²) in [5, 5.41) is 2.62. The molecule has 6 heteroatoms. The Morgan fingerprint density at radius 3 is 2.88 bits per heavy atom. The fourth-order valence-corrected chi connectivity index (χ4v) is 1.65. The van der Waals surface area contributed by atoms with Crippen molar-refractivity contribution in [3.05, 3.63) is 24.4 Å². The molecule has 1 heterocycles. The Balaban J connectivity index is 2.20.